The van der Waals surface area contributed by atoms with Crippen LogP contribution in [0.15, 0.2) is 0 Å². The summed E-state index contributed by atoms with van der Waals surface area (Å²) in [6.45, 7) is 4.39. The number of hydrogen-bond acceptors (Lipinski definition) is 2. The number of ether oxygens (including phenoxy) is 1. The van der Waals surface area contributed by atoms with Crippen molar-refractivity contribution < 1.29 is 4.74 Å². The lowest BCUT2D eigenvalue weighted by Gasteiger charge is -2.38. The smallest absolute Gasteiger partial charge is 0.0560 e. The fourth-order valence-corrected chi connectivity index (χ4v) is 2.81. The fourth-order valence-electron chi connectivity index (χ4n) is 2.81. The van der Waals surface area contributed by atoms with Gasteiger partial charge in [-0.25, -0.2) is 0 Å². The average molecular weight is 213 g/mol. The summed E-state index contributed by atoms with van der Waals surface area (Å²) in [5.74, 6) is 0.935. The predicted molar refractivity (Wildman–Crippen MR) is 64.9 cm³/mol. The van der Waals surface area contributed by atoms with E-state index in [4.69, 9.17) is 10.5 Å². The molecule has 0 amide bonds. The number of methoxy groups -OCH3 is 1. The largest absolute Gasteiger partial charge is 0.382 e. The molecule has 0 bridgehead atoms. The van der Waals surface area contributed by atoms with Crippen molar-refractivity contribution in [2.24, 2.45) is 11.7 Å². The summed E-state index contributed by atoms with van der Waals surface area (Å²) in [7, 11) is 1.77. The Morgan fingerprint density at radius 1 is 1.40 bits per heavy atom. The third kappa shape index (κ3) is 4.12. The molecule has 0 radical (unpaired) electrons. The molecule has 0 heterocycles. The van der Waals surface area contributed by atoms with Crippen LogP contribution >= 0.6 is 0 Å². The van der Waals surface area contributed by atoms with E-state index >= 15 is 0 Å². The molecule has 15 heavy (non-hydrogen) atoms. The molecule has 2 nitrogen and oxygen atoms in total. The van der Waals surface area contributed by atoms with Gasteiger partial charge in [-0.3, -0.25) is 0 Å². The van der Waals surface area contributed by atoms with Crippen molar-refractivity contribution in [3.63, 3.8) is 0 Å². The monoisotopic (exact) mass is 213 g/mol. The quantitative estimate of drug-likeness (QED) is 0.761. The molecule has 1 unspecified atom stereocenters. The summed E-state index contributed by atoms with van der Waals surface area (Å²) in [5, 5.41) is 0. The van der Waals surface area contributed by atoms with Crippen LogP contribution in [0.1, 0.15) is 58.8 Å². The van der Waals surface area contributed by atoms with Gasteiger partial charge >= 0.3 is 0 Å². The standard InChI is InChI=1S/C13H27NO/c1-4-5-12-6-8-13(14,9-7-12)10-11(2)15-3/h11-12H,4-10,14H2,1-3H3. The first kappa shape index (κ1) is 13.0. The first-order valence-corrected chi connectivity index (χ1v) is 6.41. The van der Waals surface area contributed by atoms with Crippen LogP contribution in [0.25, 0.3) is 0 Å². The van der Waals surface area contributed by atoms with Crippen molar-refractivity contribution in [2.45, 2.75) is 70.4 Å². The van der Waals surface area contributed by atoms with Gasteiger partial charge in [0.1, 0.15) is 0 Å². The molecule has 1 rings (SSSR count). The Hall–Kier alpha value is -0.0800. The van der Waals surface area contributed by atoms with Gasteiger partial charge in [-0.05, 0) is 44.9 Å². The lowest BCUT2D eigenvalue weighted by atomic mass is 9.73. The molecule has 0 spiro atoms. The van der Waals surface area contributed by atoms with Crippen molar-refractivity contribution >= 4 is 0 Å². The minimum atomic E-state index is 0.0552. The van der Waals surface area contributed by atoms with E-state index in [1.54, 1.807) is 7.11 Å². The molecule has 0 aromatic heterocycles. The Morgan fingerprint density at radius 3 is 2.47 bits per heavy atom. The van der Waals surface area contributed by atoms with E-state index in [0.717, 1.165) is 12.3 Å². The van der Waals surface area contributed by atoms with Gasteiger partial charge in [0.25, 0.3) is 0 Å². The summed E-state index contributed by atoms with van der Waals surface area (Å²) in [6.07, 6.45) is 9.03. The molecular formula is C13H27NO. The second-order valence-electron chi connectivity index (χ2n) is 5.34. The first-order valence-electron chi connectivity index (χ1n) is 6.41. The van der Waals surface area contributed by atoms with E-state index in [1.807, 2.05) is 0 Å². The Balaban J connectivity index is 2.33. The summed E-state index contributed by atoms with van der Waals surface area (Å²) in [6, 6.07) is 0. The van der Waals surface area contributed by atoms with Crippen LogP contribution in [0.3, 0.4) is 0 Å². The van der Waals surface area contributed by atoms with E-state index in [0.29, 0.717) is 6.10 Å². The minimum Gasteiger partial charge on any atom is -0.382 e. The van der Waals surface area contributed by atoms with Gasteiger partial charge in [0.15, 0.2) is 0 Å². The number of hydrogen-bond donors (Lipinski definition) is 1. The maximum absolute atomic E-state index is 6.41. The van der Waals surface area contributed by atoms with Crippen LogP contribution in [0.5, 0.6) is 0 Å². The predicted octanol–water partition coefficient (Wildman–Crippen LogP) is 3.10. The van der Waals surface area contributed by atoms with E-state index in [-0.39, 0.29) is 5.54 Å². The Labute approximate surface area is 94.6 Å². The SMILES string of the molecule is CCCC1CCC(N)(CC(C)OC)CC1. The normalized spacial score (nSPS) is 34.0. The Bertz CT molecular complexity index is 173. The lowest BCUT2D eigenvalue weighted by molar-refractivity contribution is 0.0722. The highest BCUT2D eigenvalue weighted by Gasteiger charge is 2.32. The van der Waals surface area contributed by atoms with Gasteiger partial charge in [0, 0.05) is 12.6 Å². The molecular weight excluding hydrogens is 186 g/mol. The van der Waals surface area contributed by atoms with Crippen LogP contribution in [0, 0.1) is 5.92 Å². The van der Waals surface area contributed by atoms with E-state index in [2.05, 4.69) is 13.8 Å². The molecule has 1 saturated carbocycles. The molecule has 1 fully saturated rings. The van der Waals surface area contributed by atoms with E-state index in [1.165, 1.54) is 38.5 Å². The number of rotatable bonds is 5. The van der Waals surface area contributed by atoms with Crippen molar-refractivity contribution in [1.82, 2.24) is 0 Å². The van der Waals surface area contributed by atoms with E-state index < -0.39 is 0 Å². The third-order valence-electron chi connectivity index (χ3n) is 3.89. The van der Waals surface area contributed by atoms with Crippen molar-refractivity contribution in [2.75, 3.05) is 7.11 Å². The molecule has 0 aromatic rings. The van der Waals surface area contributed by atoms with Crippen molar-refractivity contribution in [3.8, 4) is 0 Å². The molecule has 0 saturated heterocycles. The van der Waals surface area contributed by atoms with E-state index in [9.17, 15) is 0 Å². The Kier molecular flexibility index (Phi) is 5.07. The van der Waals surface area contributed by atoms with Gasteiger partial charge in [-0.2, -0.15) is 0 Å². The highest BCUT2D eigenvalue weighted by atomic mass is 16.5. The average Bonchev–Trinajstić information content (AvgIpc) is 2.22. The van der Waals surface area contributed by atoms with Gasteiger partial charge in [0.05, 0.1) is 6.10 Å². The van der Waals surface area contributed by atoms with Crippen LogP contribution in [-0.2, 0) is 4.74 Å². The second-order valence-corrected chi connectivity index (χ2v) is 5.34. The molecule has 1 aliphatic rings. The first-order chi connectivity index (χ1) is 7.09. The van der Waals surface area contributed by atoms with Crippen LogP contribution in [0.2, 0.25) is 0 Å². The van der Waals surface area contributed by atoms with Crippen molar-refractivity contribution in [1.29, 1.82) is 0 Å². The molecule has 1 atom stereocenters. The number of nitrogens with two attached hydrogens (primary N) is 1. The summed E-state index contributed by atoms with van der Waals surface area (Å²) in [4.78, 5) is 0. The molecule has 0 aromatic carbocycles. The third-order valence-corrected chi connectivity index (χ3v) is 3.89. The van der Waals surface area contributed by atoms with Crippen LogP contribution in [0.4, 0.5) is 0 Å². The molecule has 90 valence electrons. The minimum absolute atomic E-state index is 0.0552. The zero-order valence-electron chi connectivity index (χ0n) is 10.6. The fraction of sp³-hybridized carbons (Fsp3) is 1.00. The van der Waals surface area contributed by atoms with Gasteiger partial charge in [-0.15, -0.1) is 0 Å². The van der Waals surface area contributed by atoms with Gasteiger partial charge < -0.3 is 10.5 Å². The molecule has 2 heteroatoms. The van der Waals surface area contributed by atoms with Crippen molar-refractivity contribution in [3.05, 3.63) is 0 Å². The van der Waals surface area contributed by atoms with Crippen LogP contribution < -0.4 is 5.73 Å². The maximum Gasteiger partial charge on any atom is 0.0560 e. The topological polar surface area (TPSA) is 35.2 Å². The summed E-state index contributed by atoms with van der Waals surface area (Å²) in [5.41, 5.74) is 6.47. The second kappa shape index (κ2) is 5.86. The molecule has 0 aliphatic heterocycles. The maximum atomic E-state index is 6.41. The molecule has 1 aliphatic carbocycles. The highest BCUT2D eigenvalue weighted by molar-refractivity contribution is 4.91. The lowest BCUT2D eigenvalue weighted by Crippen LogP contribution is -2.45. The summed E-state index contributed by atoms with van der Waals surface area (Å²) < 4.78 is 5.31. The highest BCUT2D eigenvalue weighted by Crippen LogP contribution is 2.35. The summed E-state index contributed by atoms with van der Waals surface area (Å²) >= 11 is 0. The van der Waals surface area contributed by atoms with Gasteiger partial charge in [0.2, 0.25) is 0 Å². The Morgan fingerprint density at radius 2 is 2.00 bits per heavy atom. The van der Waals surface area contributed by atoms with Gasteiger partial charge in [-0.1, -0.05) is 19.8 Å². The zero-order chi connectivity index (χ0) is 11.3. The molecule has 2 N–H and O–H groups in total. The van der Waals surface area contributed by atoms with Crippen LogP contribution in [-0.4, -0.2) is 18.8 Å². The zero-order valence-corrected chi connectivity index (χ0v) is 10.6.